The Bertz CT molecular complexity index is 555. The van der Waals surface area contributed by atoms with Crippen molar-refractivity contribution in [2.75, 3.05) is 0 Å². The van der Waals surface area contributed by atoms with Crippen LogP contribution in [0.5, 0.6) is 0 Å². The van der Waals surface area contributed by atoms with E-state index >= 15 is 0 Å². The maximum absolute atomic E-state index is 12.9. The van der Waals surface area contributed by atoms with Crippen LogP contribution in [0.4, 0.5) is 4.39 Å². The third-order valence-electron chi connectivity index (χ3n) is 3.15. The number of hydrazine groups is 1. The first-order valence-electron chi connectivity index (χ1n) is 6.07. The van der Waals surface area contributed by atoms with E-state index in [4.69, 9.17) is 17.4 Å². The molecule has 3 N–H and O–H groups in total. The van der Waals surface area contributed by atoms with E-state index in [9.17, 15) is 4.39 Å². The quantitative estimate of drug-likeness (QED) is 0.663. The van der Waals surface area contributed by atoms with Crippen LogP contribution in [0.3, 0.4) is 0 Å². The van der Waals surface area contributed by atoms with Crippen molar-refractivity contribution in [1.29, 1.82) is 0 Å². The molecule has 0 amide bonds. The summed E-state index contributed by atoms with van der Waals surface area (Å²) < 4.78 is 12.9. The Morgan fingerprint density at radius 2 is 1.89 bits per heavy atom. The summed E-state index contributed by atoms with van der Waals surface area (Å²) in [7, 11) is 0. The maximum Gasteiger partial charge on any atom is 0.123 e. The second-order valence-corrected chi connectivity index (χ2v) is 4.91. The lowest BCUT2D eigenvalue weighted by molar-refractivity contribution is 0.550. The van der Waals surface area contributed by atoms with Crippen LogP contribution >= 0.6 is 11.6 Å². The van der Waals surface area contributed by atoms with Gasteiger partial charge in [-0.2, -0.15) is 0 Å². The number of hydrogen-bond acceptors (Lipinski definition) is 2. The van der Waals surface area contributed by atoms with Crippen molar-refractivity contribution in [2.24, 2.45) is 5.84 Å². The van der Waals surface area contributed by atoms with Gasteiger partial charge in [0.25, 0.3) is 0 Å². The minimum atomic E-state index is -0.241. The van der Waals surface area contributed by atoms with Crippen molar-refractivity contribution in [3.63, 3.8) is 0 Å². The first kappa shape index (κ1) is 14.0. The van der Waals surface area contributed by atoms with E-state index in [1.54, 1.807) is 12.1 Å². The highest BCUT2D eigenvalue weighted by molar-refractivity contribution is 6.32. The minimum absolute atomic E-state index is 0.0992. The molecule has 2 nitrogen and oxygen atoms in total. The highest BCUT2D eigenvalue weighted by Crippen LogP contribution is 2.27. The molecule has 0 spiro atoms. The average molecular weight is 279 g/mol. The number of hydrogen-bond donors (Lipinski definition) is 2. The Morgan fingerprint density at radius 1 is 1.21 bits per heavy atom. The van der Waals surface area contributed by atoms with Gasteiger partial charge in [-0.3, -0.25) is 11.3 Å². The van der Waals surface area contributed by atoms with Gasteiger partial charge in [0.2, 0.25) is 0 Å². The van der Waals surface area contributed by atoms with Gasteiger partial charge in [-0.1, -0.05) is 41.9 Å². The van der Waals surface area contributed by atoms with E-state index in [0.29, 0.717) is 11.4 Å². The van der Waals surface area contributed by atoms with Gasteiger partial charge in [0.1, 0.15) is 5.82 Å². The van der Waals surface area contributed by atoms with Crippen LogP contribution in [-0.2, 0) is 6.42 Å². The third kappa shape index (κ3) is 3.32. The zero-order valence-corrected chi connectivity index (χ0v) is 11.4. The molecule has 0 aliphatic carbocycles. The number of benzene rings is 2. The fourth-order valence-electron chi connectivity index (χ4n) is 2.05. The number of halogens is 2. The molecule has 19 heavy (non-hydrogen) atoms. The second-order valence-electron chi connectivity index (χ2n) is 4.53. The lowest BCUT2D eigenvalue weighted by Crippen LogP contribution is -2.29. The first-order chi connectivity index (χ1) is 9.11. The van der Waals surface area contributed by atoms with Crippen molar-refractivity contribution in [1.82, 2.24) is 5.43 Å². The van der Waals surface area contributed by atoms with E-state index in [1.165, 1.54) is 12.1 Å². The van der Waals surface area contributed by atoms with Gasteiger partial charge in [0.05, 0.1) is 6.04 Å². The van der Waals surface area contributed by atoms with Crippen LogP contribution < -0.4 is 11.3 Å². The van der Waals surface area contributed by atoms with Crippen LogP contribution in [0, 0.1) is 12.7 Å². The molecule has 0 aliphatic heterocycles. The van der Waals surface area contributed by atoms with Gasteiger partial charge in [0, 0.05) is 5.02 Å². The van der Waals surface area contributed by atoms with E-state index in [1.807, 2.05) is 25.1 Å². The molecular weight excluding hydrogens is 263 g/mol. The summed E-state index contributed by atoms with van der Waals surface area (Å²) in [5, 5.41) is 0.715. The Labute approximate surface area is 117 Å². The van der Waals surface area contributed by atoms with Crippen LogP contribution in [0.25, 0.3) is 0 Å². The van der Waals surface area contributed by atoms with Crippen molar-refractivity contribution >= 4 is 11.6 Å². The zero-order chi connectivity index (χ0) is 13.8. The smallest absolute Gasteiger partial charge is 0.123 e. The van der Waals surface area contributed by atoms with Gasteiger partial charge in [-0.25, -0.2) is 4.39 Å². The number of nitrogens with one attached hydrogen (secondary N) is 1. The van der Waals surface area contributed by atoms with Crippen LogP contribution in [0.1, 0.15) is 22.7 Å². The summed E-state index contributed by atoms with van der Waals surface area (Å²) in [5.41, 5.74) is 5.74. The Kier molecular flexibility index (Phi) is 4.53. The molecule has 0 radical (unpaired) electrons. The number of aryl methyl sites for hydroxylation is 1. The maximum atomic E-state index is 12.9. The highest BCUT2D eigenvalue weighted by atomic mass is 35.5. The number of nitrogens with two attached hydrogens (primary N) is 1. The molecule has 4 heteroatoms. The number of rotatable bonds is 4. The van der Waals surface area contributed by atoms with Gasteiger partial charge >= 0.3 is 0 Å². The summed E-state index contributed by atoms with van der Waals surface area (Å²) in [4.78, 5) is 0. The second kappa shape index (κ2) is 6.15. The zero-order valence-electron chi connectivity index (χ0n) is 10.7. The third-order valence-corrected chi connectivity index (χ3v) is 3.67. The van der Waals surface area contributed by atoms with Gasteiger partial charge in [-0.05, 0) is 42.2 Å². The normalized spacial score (nSPS) is 12.4. The molecule has 0 saturated carbocycles. The van der Waals surface area contributed by atoms with E-state index in [-0.39, 0.29) is 11.9 Å². The first-order valence-corrected chi connectivity index (χ1v) is 6.45. The molecule has 0 fully saturated rings. The largest absolute Gasteiger partial charge is 0.271 e. The predicted molar refractivity (Wildman–Crippen MR) is 76.4 cm³/mol. The lowest BCUT2D eigenvalue weighted by atomic mass is 9.98. The standard InChI is InChI=1S/C15H16ClFN2/c1-10-3-2-4-13(15(10)16)14(19-18)9-11-5-7-12(17)8-6-11/h2-8,14,19H,9,18H2,1H3. The van der Waals surface area contributed by atoms with E-state index in [2.05, 4.69) is 5.43 Å². The monoisotopic (exact) mass is 278 g/mol. The van der Waals surface area contributed by atoms with Crippen molar-refractivity contribution < 1.29 is 4.39 Å². The summed E-state index contributed by atoms with van der Waals surface area (Å²) in [6, 6.07) is 12.2. The molecule has 0 aliphatic rings. The van der Waals surface area contributed by atoms with Gasteiger partial charge < -0.3 is 0 Å². The fraction of sp³-hybridized carbons (Fsp3) is 0.200. The average Bonchev–Trinajstić information content (AvgIpc) is 2.42. The Hall–Kier alpha value is -1.42. The van der Waals surface area contributed by atoms with E-state index < -0.39 is 0 Å². The fourth-order valence-corrected chi connectivity index (χ4v) is 2.31. The Balaban J connectivity index is 2.25. The van der Waals surface area contributed by atoms with Crippen molar-refractivity contribution in [3.05, 3.63) is 70.0 Å². The van der Waals surface area contributed by atoms with Crippen LogP contribution in [0.15, 0.2) is 42.5 Å². The Morgan fingerprint density at radius 3 is 2.53 bits per heavy atom. The van der Waals surface area contributed by atoms with Crippen LogP contribution in [-0.4, -0.2) is 0 Å². The molecular formula is C15H16ClFN2. The molecule has 0 aromatic heterocycles. The minimum Gasteiger partial charge on any atom is -0.271 e. The molecule has 100 valence electrons. The molecule has 2 rings (SSSR count). The van der Waals surface area contributed by atoms with E-state index in [0.717, 1.165) is 16.7 Å². The molecule has 1 atom stereocenters. The summed E-state index contributed by atoms with van der Waals surface area (Å²) in [6.07, 6.45) is 0.653. The lowest BCUT2D eigenvalue weighted by Gasteiger charge is -2.18. The summed E-state index contributed by atoms with van der Waals surface area (Å²) in [5.74, 6) is 5.38. The predicted octanol–water partition coefficient (Wildman–Crippen LogP) is 3.53. The molecule has 0 saturated heterocycles. The molecule has 2 aromatic carbocycles. The van der Waals surface area contributed by atoms with Gasteiger partial charge in [-0.15, -0.1) is 0 Å². The molecule has 2 aromatic rings. The molecule has 1 unspecified atom stereocenters. The summed E-state index contributed by atoms with van der Waals surface area (Å²) >= 11 is 6.30. The van der Waals surface area contributed by atoms with Crippen molar-refractivity contribution in [2.45, 2.75) is 19.4 Å². The highest BCUT2D eigenvalue weighted by Gasteiger charge is 2.15. The van der Waals surface area contributed by atoms with Gasteiger partial charge in [0.15, 0.2) is 0 Å². The van der Waals surface area contributed by atoms with Crippen molar-refractivity contribution in [3.8, 4) is 0 Å². The SMILES string of the molecule is Cc1cccc(C(Cc2ccc(F)cc2)NN)c1Cl. The summed E-state index contributed by atoms with van der Waals surface area (Å²) in [6.45, 7) is 1.96. The topological polar surface area (TPSA) is 38.0 Å². The molecule has 0 heterocycles. The molecule has 0 bridgehead atoms. The van der Waals surface area contributed by atoms with Crippen LogP contribution in [0.2, 0.25) is 5.02 Å².